The molecule has 14 heavy (non-hydrogen) atoms. The minimum Gasteiger partial charge on any atom is -0.380 e. The van der Waals surface area contributed by atoms with Gasteiger partial charge in [0.25, 0.3) is 0 Å². The number of alkyl halides is 3. The molecule has 0 aromatic carbocycles. The maximum Gasteiger partial charge on any atom is 0.417 e. The van der Waals surface area contributed by atoms with Crippen molar-refractivity contribution in [2.45, 2.75) is 43.5 Å². The van der Waals surface area contributed by atoms with E-state index in [-0.39, 0.29) is 30.7 Å². The predicted molar refractivity (Wildman–Crippen MR) is 44.4 cm³/mol. The van der Waals surface area contributed by atoms with Crippen LogP contribution in [0.2, 0.25) is 0 Å². The van der Waals surface area contributed by atoms with E-state index in [0.29, 0.717) is 12.8 Å². The van der Waals surface area contributed by atoms with E-state index in [1.54, 1.807) is 0 Å². The van der Waals surface area contributed by atoms with E-state index >= 15 is 0 Å². The quantitative estimate of drug-likeness (QED) is 0.634. The first-order chi connectivity index (χ1) is 6.32. The molecular formula is C9H14F3NO. The first kappa shape index (κ1) is 10.2. The zero-order valence-corrected chi connectivity index (χ0v) is 7.72. The molecule has 0 heterocycles. The van der Waals surface area contributed by atoms with Crippen molar-refractivity contribution in [1.29, 1.82) is 0 Å². The van der Waals surface area contributed by atoms with Crippen molar-refractivity contribution in [3.05, 3.63) is 0 Å². The molecule has 0 spiro atoms. The fourth-order valence-electron chi connectivity index (χ4n) is 2.94. The highest BCUT2D eigenvalue weighted by atomic mass is 19.4. The van der Waals surface area contributed by atoms with Crippen molar-refractivity contribution in [3.63, 3.8) is 0 Å². The maximum atomic E-state index is 12.5. The molecule has 0 saturated heterocycles. The topological polar surface area (TPSA) is 46.2 Å². The minimum absolute atomic E-state index is 0.0304. The Hall–Kier alpha value is -0.290. The number of rotatable bonds is 0. The van der Waals surface area contributed by atoms with E-state index in [1.165, 1.54) is 0 Å². The van der Waals surface area contributed by atoms with Crippen LogP contribution in [0.3, 0.4) is 0 Å². The normalized spacial score (nSPS) is 48.2. The summed E-state index contributed by atoms with van der Waals surface area (Å²) in [6, 6.07) is 0.0304. The minimum atomic E-state index is -4.48. The molecule has 2 saturated carbocycles. The zero-order valence-electron chi connectivity index (χ0n) is 7.72. The predicted octanol–water partition coefficient (Wildman–Crippen LogP) is 1.43. The molecule has 2 rings (SSSR count). The number of aliphatic hydroxyl groups is 1. The summed E-state index contributed by atoms with van der Waals surface area (Å²) >= 11 is 0. The van der Waals surface area contributed by atoms with Gasteiger partial charge < -0.3 is 10.8 Å². The van der Waals surface area contributed by atoms with E-state index in [9.17, 15) is 18.3 Å². The molecule has 4 atom stereocenters. The van der Waals surface area contributed by atoms with Crippen molar-refractivity contribution >= 4 is 0 Å². The van der Waals surface area contributed by atoms with Gasteiger partial charge in [-0.25, -0.2) is 0 Å². The van der Waals surface area contributed by atoms with E-state index < -0.39 is 11.8 Å². The van der Waals surface area contributed by atoms with Gasteiger partial charge in [-0.05, 0) is 37.5 Å². The van der Waals surface area contributed by atoms with Crippen molar-refractivity contribution < 1.29 is 18.3 Å². The van der Waals surface area contributed by atoms with Crippen LogP contribution in [0.25, 0.3) is 0 Å². The van der Waals surface area contributed by atoms with Crippen LogP contribution >= 0.6 is 0 Å². The van der Waals surface area contributed by atoms with Gasteiger partial charge in [0.2, 0.25) is 0 Å². The van der Waals surface area contributed by atoms with E-state index in [2.05, 4.69) is 0 Å². The number of fused-ring (bicyclic) bond motifs is 1. The molecule has 3 N–H and O–H groups in total. The Kier molecular flexibility index (Phi) is 2.09. The first-order valence-electron chi connectivity index (χ1n) is 4.86. The van der Waals surface area contributed by atoms with Crippen LogP contribution in [0, 0.1) is 11.8 Å². The largest absolute Gasteiger partial charge is 0.417 e. The summed E-state index contributed by atoms with van der Waals surface area (Å²) in [7, 11) is 0. The summed E-state index contributed by atoms with van der Waals surface area (Å²) < 4.78 is 37.4. The zero-order chi connectivity index (χ0) is 10.6. The number of hydrogen-bond donors (Lipinski definition) is 2. The van der Waals surface area contributed by atoms with Gasteiger partial charge in [0, 0.05) is 6.04 Å². The highest BCUT2D eigenvalue weighted by Gasteiger charge is 2.61. The van der Waals surface area contributed by atoms with Crippen LogP contribution in [0.15, 0.2) is 0 Å². The van der Waals surface area contributed by atoms with Crippen molar-refractivity contribution in [2.24, 2.45) is 17.6 Å². The molecule has 5 heteroatoms. The molecular weight excluding hydrogens is 195 g/mol. The van der Waals surface area contributed by atoms with Gasteiger partial charge in [-0.1, -0.05) is 0 Å². The molecule has 0 aromatic rings. The average molecular weight is 209 g/mol. The second-order valence-electron chi connectivity index (χ2n) is 4.69. The molecule has 0 aromatic heterocycles. The standard InChI is InChI=1S/C9H14F3NO/c10-9(11,12)8(14)3-5-1-7(13)2-6(5)4-8/h5-7,14H,1-4,13H2/t5-,6+,7?,8?. The lowest BCUT2D eigenvalue weighted by atomic mass is 9.97. The van der Waals surface area contributed by atoms with Crippen LogP contribution in [0.4, 0.5) is 13.2 Å². The second kappa shape index (κ2) is 2.85. The fourth-order valence-corrected chi connectivity index (χ4v) is 2.94. The van der Waals surface area contributed by atoms with Crippen LogP contribution in [-0.4, -0.2) is 22.9 Å². The van der Waals surface area contributed by atoms with Gasteiger partial charge in [0.15, 0.2) is 5.60 Å². The van der Waals surface area contributed by atoms with E-state index in [0.717, 1.165) is 0 Å². The van der Waals surface area contributed by atoms with Crippen molar-refractivity contribution in [2.75, 3.05) is 0 Å². The van der Waals surface area contributed by atoms with Gasteiger partial charge in [-0.2, -0.15) is 13.2 Å². The summed E-state index contributed by atoms with van der Waals surface area (Å²) in [5.74, 6) is -0.0618. The first-order valence-corrected chi connectivity index (χ1v) is 4.86. The molecule has 2 unspecified atom stereocenters. The highest BCUT2D eigenvalue weighted by Crippen LogP contribution is 2.53. The lowest BCUT2D eigenvalue weighted by Crippen LogP contribution is -2.43. The summed E-state index contributed by atoms with van der Waals surface area (Å²) in [6.45, 7) is 0. The van der Waals surface area contributed by atoms with Gasteiger partial charge in [-0.15, -0.1) is 0 Å². The summed E-state index contributed by atoms with van der Waals surface area (Å²) in [5, 5.41) is 9.45. The van der Waals surface area contributed by atoms with Crippen LogP contribution < -0.4 is 5.73 Å². The smallest absolute Gasteiger partial charge is 0.380 e. The molecule has 0 aliphatic heterocycles. The monoisotopic (exact) mass is 209 g/mol. The molecule has 0 amide bonds. The Morgan fingerprint density at radius 3 is 1.93 bits per heavy atom. The second-order valence-corrected chi connectivity index (χ2v) is 4.69. The van der Waals surface area contributed by atoms with Crippen LogP contribution in [0.1, 0.15) is 25.7 Å². The lowest BCUT2D eigenvalue weighted by Gasteiger charge is -2.26. The Balaban J connectivity index is 2.10. The Morgan fingerprint density at radius 1 is 1.14 bits per heavy atom. The average Bonchev–Trinajstić information content (AvgIpc) is 2.39. The van der Waals surface area contributed by atoms with Gasteiger partial charge in [0.1, 0.15) is 0 Å². The van der Waals surface area contributed by atoms with Gasteiger partial charge in [-0.3, -0.25) is 0 Å². The summed E-state index contributed by atoms with van der Waals surface area (Å²) in [6.07, 6.45) is -3.54. The Labute approximate surface area is 80.3 Å². The van der Waals surface area contributed by atoms with E-state index in [1.807, 2.05) is 0 Å². The number of hydrogen-bond acceptors (Lipinski definition) is 2. The van der Waals surface area contributed by atoms with Crippen LogP contribution in [0.5, 0.6) is 0 Å². The van der Waals surface area contributed by atoms with E-state index in [4.69, 9.17) is 5.73 Å². The fraction of sp³-hybridized carbons (Fsp3) is 1.00. The van der Waals surface area contributed by atoms with Crippen molar-refractivity contribution in [1.82, 2.24) is 0 Å². The third kappa shape index (κ3) is 1.42. The molecule has 2 aliphatic rings. The third-order valence-corrected chi connectivity index (χ3v) is 3.61. The van der Waals surface area contributed by atoms with Gasteiger partial charge in [0.05, 0.1) is 0 Å². The SMILES string of the molecule is NC1C[C@@H]2CC(O)(C(F)(F)F)C[C@@H]2C1. The molecule has 2 fully saturated rings. The molecule has 0 bridgehead atoms. The van der Waals surface area contributed by atoms with Gasteiger partial charge >= 0.3 is 6.18 Å². The molecule has 0 radical (unpaired) electrons. The molecule has 82 valence electrons. The summed E-state index contributed by atoms with van der Waals surface area (Å²) in [5.41, 5.74) is 3.22. The number of halogens is 3. The maximum absolute atomic E-state index is 12.5. The Morgan fingerprint density at radius 2 is 1.57 bits per heavy atom. The Bertz CT molecular complexity index is 227. The number of nitrogens with two attached hydrogens (primary N) is 1. The highest BCUT2D eigenvalue weighted by molar-refractivity contribution is 5.03. The third-order valence-electron chi connectivity index (χ3n) is 3.61. The molecule has 2 nitrogen and oxygen atoms in total. The lowest BCUT2D eigenvalue weighted by molar-refractivity contribution is -0.259. The summed E-state index contributed by atoms with van der Waals surface area (Å²) in [4.78, 5) is 0. The van der Waals surface area contributed by atoms with Crippen LogP contribution in [-0.2, 0) is 0 Å². The molecule has 2 aliphatic carbocycles. The van der Waals surface area contributed by atoms with Crippen molar-refractivity contribution in [3.8, 4) is 0 Å².